The third-order valence-corrected chi connectivity index (χ3v) is 3.25. The Hall–Kier alpha value is -0.530. The third-order valence-electron chi connectivity index (χ3n) is 3.25. The van der Waals surface area contributed by atoms with Gasteiger partial charge in [-0.2, -0.15) is 0 Å². The van der Waals surface area contributed by atoms with E-state index in [4.69, 9.17) is 4.74 Å². The standard InChI is InChI=1S/C16H32O2/c1-5-7-9-10-11-13-15(12-8-6-2)16(17)18-14(3)4/h14-15H,5-13H2,1-4H3. The van der Waals surface area contributed by atoms with E-state index in [1.54, 1.807) is 0 Å². The molecular formula is C16H32O2. The fraction of sp³-hybridized carbons (Fsp3) is 0.938. The summed E-state index contributed by atoms with van der Waals surface area (Å²) in [6.07, 6.45) is 10.6. The molecule has 0 aromatic heterocycles. The number of unbranched alkanes of at least 4 members (excludes halogenated alkanes) is 5. The molecule has 0 aliphatic carbocycles. The highest BCUT2D eigenvalue weighted by molar-refractivity contribution is 5.72. The van der Waals surface area contributed by atoms with Crippen LogP contribution >= 0.6 is 0 Å². The Balaban J connectivity index is 3.93. The fourth-order valence-electron chi connectivity index (χ4n) is 2.15. The molecule has 0 spiro atoms. The molecule has 18 heavy (non-hydrogen) atoms. The van der Waals surface area contributed by atoms with E-state index in [0.29, 0.717) is 0 Å². The molecule has 0 saturated heterocycles. The van der Waals surface area contributed by atoms with Crippen molar-refractivity contribution >= 4 is 5.97 Å². The summed E-state index contributed by atoms with van der Waals surface area (Å²) in [4.78, 5) is 12.0. The van der Waals surface area contributed by atoms with E-state index in [1.165, 1.54) is 32.1 Å². The van der Waals surface area contributed by atoms with E-state index in [2.05, 4.69) is 13.8 Å². The van der Waals surface area contributed by atoms with E-state index in [-0.39, 0.29) is 18.0 Å². The van der Waals surface area contributed by atoms with Gasteiger partial charge in [0.25, 0.3) is 0 Å². The molecule has 0 rings (SSSR count). The summed E-state index contributed by atoms with van der Waals surface area (Å²) < 4.78 is 5.35. The molecule has 0 heterocycles. The van der Waals surface area contributed by atoms with E-state index in [1.807, 2.05) is 13.8 Å². The maximum Gasteiger partial charge on any atom is 0.309 e. The van der Waals surface area contributed by atoms with Gasteiger partial charge in [-0.05, 0) is 26.7 Å². The average Bonchev–Trinajstić information content (AvgIpc) is 2.31. The van der Waals surface area contributed by atoms with Gasteiger partial charge < -0.3 is 4.74 Å². The second kappa shape index (κ2) is 11.6. The molecule has 108 valence electrons. The van der Waals surface area contributed by atoms with Gasteiger partial charge in [-0.15, -0.1) is 0 Å². The second-order valence-electron chi connectivity index (χ2n) is 5.53. The van der Waals surface area contributed by atoms with Crippen LogP contribution in [-0.2, 0) is 9.53 Å². The van der Waals surface area contributed by atoms with E-state index in [9.17, 15) is 4.79 Å². The summed E-state index contributed by atoms with van der Waals surface area (Å²) in [5, 5.41) is 0. The zero-order valence-electron chi connectivity index (χ0n) is 12.8. The zero-order valence-corrected chi connectivity index (χ0v) is 12.8. The first-order valence-electron chi connectivity index (χ1n) is 7.82. The molecule has 1 atom stereocenters. The van der Waals surface area contributed by atoms with Crippen molar-refractivity contribution in [3.63, 3.8) is 0 Å². The predicted molar refractivity (Wildman–Crippen MR) is 77.6 cm³/mol. The molecule has 0 aliphatic heterocycles. The summed E-state index contributed by atoms with van der Waals surface area (Å²) in [6.45, 7) is 8.25. The van der Waals surface area contributed by atoms with Crippen molar-refractivity contribution in [2.24, 2.45) is 5.92 Å². The lowest BCUT2D eigenvalue weighted by Gasteiger charge is -2.17. The van der Waals surface area contributed by atoms with Gasteiger partial charge in [-0.1, -0.05) is 58.8 Å². The van der Waals surface area contributed by atoms with Crippen LogP contribution in [0.5, 0.6) is 0 Å². The van der Waals surface area contributed by atoms with Gasteiger partial charge in [0.1, 0.15) is 0 Å². The Morgan fingerprint density at radius 1 is 0.889 bits per heavy atom. The smallest absolute Gasteiger partial charge is 0.309 e. The van der Waals surface area contributed by atoms with E-state index in [0.717, 1.165) is 25.7 Å². The molecule has 0 radical (unpaired) electrons. The van der Waals surface area contributed by atoms with Crippen LogP contribution in [0, 0.1) is 5.92 Å². The lowest BCUT2D eigenvalue weighted by atomic mass is 9.95. The van der Waals surface area contributed by atoms with Crippen molar-refractivity contribution in [2.75, 3.05) is 0 Å². The Bertz CT molecular complexity index is 199. The molecule has 2 nitrogen and oxygen atoms in total. The Kier molecular flexibility index (Phi) is 11.2. The summed E-state index contributed by atoms with van der Waals surface area (Å²) in [7, 11) is 0. The van der Waals surface area contributed by atoms with Crippen molar-refractivity contribution in [2.45, 2.75) is 91.6 Å². The van der Waals surface area contributed by atoms with Crippen LogP contribution in [0.15, 0.2) is 0 Å². The molecule has 0 bridgehead atoms. The van der Waals surface area contributed by atoms with Gasteiger partial charge in [-0.25, -0.2) is 0 Å². The highest BCUT2D eigenvalue weighted by atomic mass is 16.5. The molecule has 0 amide bonds. The van der Waals surface area contributed by atoms with Gasteiger partial charge in [-0.3, -0.25) is 4.79 Å². The van der Waals surface area contributed by atoms with Gasteiger partial charge in [0.05, 0.1) is 12.0 Å². The largest absolute Gasteiger partial charge is 0.463 e. The number of esters is 1. The van der Waals surface area contributed by atoms with Gasteiger partial charge in [0.2, 0.25) is 0 Å². The Morgan fingerprint density at radius 2 is 1.44 bits per heavy atom. The lowest BCUT2D eigenvalue weighted by Crippen LogP contribution is -2.21. The molecule has 0 aromatic carbocycles. The fourth-order valence-corrected chi connectivity index (χ4v) is 2.15. The summed E-state index contributed by atoms with van der Waals surface area (Å²) in [5.41, 5.74) is 0. The highest BCUT2D eigenvalue weighted by Crippen LogP contribution is 2.19. The third kappa shape index (κ3) is 9.49. The maximum absolute atomic E-state index is 12.0. The van der Waals surface area contributed by atoms with Gasteiger partial charge in [0.15, 0.2) is 0 Å². The predicted octanol–water partition coefficient (Wildman–Crippen LogP) is 5.10. The van der Waals surface area contributed by atoms with E-state index < -0.39 is 0 Å². The van der Waals surface area contributed by atoms with Gasteiger partial charge in [0, 0.05) is 0 Å². The molecule has 0 aromatic rings. The van der Waals surface area contributed by atoms with Crippen LogP contribution in [0.25, 0.3) is 0 Å². The number of carbonyl (C=O) groups excluding carboxylic acids is 1. The lowest BCUT2D eigenvalue weighted by molar-refractivity contribution is -0.153. The van der Waals surface area contributed by atoms with Crippen molar-refractivity contribution in [3.8, 4) is 0 Å². The molecular weight excluding hydrogens is 224 g/mol. The number of ether oxygens (including phenoxy) is 1. The highest BCUT2D eigenvalue weighted by Gasteiger charge is 2.19. The number of carbonyl (C=O) groups is 1. The maximum atomic E-state index is 12.0. The van der Waals surface area contributed by atoms with Crippen molar-refractivity contribution in [3.05, 3.63) is 0 Å². The van der Waals surface area contributed by atoms with Crippen LogP contribution in [0.1, 0.15) is 85.5 Å². The van der Waals surface area contributed by atoms with Gasteiger partial charge >= 0.3 is 5.97 Å². The van der Waals surface area contributed by atoms with Crippen LogP contribution in [0.4, 0.5) is 0 Å². The van der Waals surface area contributed by atoms with Crippen LogP contribution < -0.4 is 0 Å². The van der Waals surface area contributed by atoms with Crippen LogP contribution in [-0.4, -0.2) is 12.1 Å². The minimum Gasteiger partial charge on any atom is -0.463 e. The quantitative estimate of drug-likeness (QED) is 0.379. The molecule has 0 fully saturated rings. The zero-order chi connectivity index (χ0) is 13.8. The molecule has 0 aliphatic rings. The Labute approximate surface area is 113 Å². The monoisotopic (exact) mass is 256 g/mol. The minimum atomic E-state index is 0.0155. The summed E-state index contributed by atoms with van der Waals surface area (Å²) in [5.74, 6) is 0.155. The molecule has 2 heteroatoms. The first-order valence-corrected chi connectivity index (χ1v) is 7.82. The number of hydrogen-bond acceptors (Lipinski definition) is 2. The normalized spacial score (nSPS) is 12.7. The minimum absolute atomic E-state index is 0.0155. The molecule has 1 unspecified atom stereocenters. The average molecular weight is 256 g/mol. The number of hydrogen-bond donors (Lipinski definition) is 0. The first-order chi connectivity index (χ1) is 8.61. The summed E-state index contributed by atoms with van der Waals surface area (Å²) in [6, 6.07) is 0. The Morgan fingerprint density at radius 3 is 2.00 bits per heavy atom. The van der Waals surface area contributed by atoms with E-state index >= 15 is 0 Å². The van der Waals surface area contributed by atoms with Crippen LogP contribution in [0.2, 0.25) is 0 Å². The van der Waals surface area contributed by atoms with Crippen molar-refractivity contribution < 1.29 is 9.53 Å². The number of rotatable bonds is 11. The van der Waals surface area contributed by atoms with Crippen LogP contribution in [0.3, 0.4) is 0 Å². The second-order valence-corrected chi connectivity index (χ2v) is 5.53. The SMILES string of the molecule is CCCCCCCC(CCCC)C(=O)OC(C)C. The molecule has 0 N–H and O–H groups in total. The molecule has 0 saturated carbocycles. The first kappa shape index (κ1) is 17.5. The summed E-state index contributed by atoms with van der Waals surface area (Å²) >= 11 is 0. The van der Waals surface area contributed by atoms with Crippen molar-refractivity contribution in [1.82, 2.24) is 0 Å². The van der Waals surface area contributed by atoms with Crippen molar-refractivity contribution in [1.29, 1.82) is 0 Å². The topological polar surface area (TPSA) is 26.3 Å².